The summed E-state index contributed by atoms with van der Waals surface area (Å²) >= 11 is 0. The molecule has 2 heterocycles. The molecule has 252 valence electrons. The smallest absolute Gasteiger partial charge is 0.255 e. The van der Waals surface area contributed by atoms with E-state index < -0.39 is 47.9 Å². The van der Waals surface area contributed by atoms with E-state index in [4.69, 9.17) is 9.47 Å². The second-order valence-electron chi connectivity index (χ2n) is 11.4. The molecule has 1 aliphatic rings. The molecule has 0 fully saturated rings. The fraction of sp³-hybridized carbons (Fsp3) is 0.455. The largest absolute Gasteiger partial charge is 0.497 e. The first-order chi connectivity index (χ1) is 22.7. The number of carbonyl (C=O) groups excluding carboxylic acids is 4. The molecule has 3 aromatic rings. The van der Waals surface area contributed by atoms with E-state index in [9.17, 15) is 24.3 Å². The fourth-order valence-electron chi connectivity index (χ4n) is 5.07. The lowest BCUT2D eigenvalue weighted by Gasteiger charge is -2.27. The Morgan fingerprint density at radius 2 is 1.81 bits per heavy atom. The predicted molar refractivity (Wildman–Crippen MR) is 171 cm³/mol. The summed E-state index contributed by atoms with van der Waals surface area (Å²) < 4.78 is 12.9. The molecule has 14 heteroatoms. The number of hydrogen-bond donors (Lipinski definition) is 5. The van der Waals surface area contributed by atoms with Crippen molar-refractivity contribution in [3.05, 3.63) is 71.5 Å². The third-order valence-corrected chi connectivity index (χ3v) is 7.70. The number of aryl methyl sites for hydroxylation is 1. The summed E-state index contributed by atoms with van der Waals surface area (Å²) in [6.45, 7) is 4.09. The maximum atomic E-state index is 13.6. The molecule has 0 unspecified atom stereocenters. The van der Waals surface area contributed by atoms with Crippen LogP contribution in [-0.2, 0) is 33.9 Å². The van der Waals surface area contributed by atoms with Crippen LogP contribution in [0.25, 0.3) is 0 Å². The molecule has 4 rings (SSSR count). The van der Waals surface area contributed by atoms with Gasteiger partial charge in [0.05, 0.1) is 38.1 Å². The number of rotatable bonds is 7. The summed E-state index contributed by atoms with van der Waals surface area (Å²) in [5.74, 6) is -1.73. The topological polar surface area (TPSA) is 186 Å². The number of carbonyl (C=O) groups is 4. The molecule has 47 heavy (non-hydrogen) atoms. The van der Waals surface area contributed by atoms with Crippen LogP contribution in [0.4, 0.5) is 0 Å². The number of benzene rings is 2. The van der Waals surface area contributed by atoms with Gasteiger partial charge in [-0.15, -0.1) is 5.10 Å². The van der Waals surface area contributed by atoms with Crippen molar-refractivity contribution < 1.29 is 33.8 Å². The molecule has 2 aromatic carbocycles. The second-order valence-corrected chi connectivity index (χ2v) is 11.4. The molecule has 0 aliphatic carbocycles. The number of aliphatic hydroxyl groups is 1. The van der Waals surface area contributed by atoms with Gasteiger partial charge in [0, 0.05) is 19.4 Å². The number of fused-ring (bicyclic) bond motifs is 3. The maximum absolute atomic E-state index is 13.6. The zero-order valence-corrected chi connectivity index (χ0v) is 26.9. The molecule has 1 aromatic heterocycles. The van der Waals surface area contributed by atoms with Crippen molar-refractivity contribution in [1.82, 2.24) is 36.3 Å². The van der Waals surface area contributed by atoms with Gasteiger partial charge in [-0.25, -0.2) is 0 Å². The molecule has 0 spiro atoms. The average Bonchev–Trinajstić information content (AvgIpc) is 3.53. The summed E-state index contributed by atoms with van der Waals surface area (Å²) in [4.78, 5) is 54.2. The van der Waals surface area contributed by atoms with Gasteiger partial charge in [0.2, 0.25) is 17.7 Å². The van der Waals surface area contributed by atoms with Crippen molar-refractivity contribution in [1.29, 1.82) is 0 Å². The number of methoxy groups -OCH3 is 1. The van der Waals surface area contributed by atoms with Crippen LogP contribution >= 0.6 is 0 Å². The van der Waals surface area contributed by atoms with Gasteiger partial charge < -0.3 is 35.8 Å². The molecular formula is C33H43N7O7. The van der Waals surface area contributed by atoms with Crippen molar-refractivity contribution in [2.45, 2.75) is 83.3 Å². The van der Waals surface area contributed by atoms with E-state index in [-0.39, 0.29) is 31.6 Å². The summed E-state index contributed by atoms with van der Waals surface area (Å²) in [5, 5.41) is 29.7. The number of aromatic nitrogens is 3. The van der Waals surface area contributed by atoms with Gasteiger partial charge in [-0.2, -0.15) is 0 Å². The zero-order valence-electron chi connectivity index (χ0n) is 26.9. The first kappa shape index (κ1) is 34.9. The van der Waals surface area contributed by atoms with Crippen LogP contribution in [0.3, 0.4) is 0 Å². The Kier molecular flexibility index (Phi) is 12.7. The summed E-state index contributed by atoms with van der Waals surface area (Å²) in [5.41, 5.74) is 1.48. The Hall–Kier alpha value is -4.98. The monoisotopic (exact) mass is 649 g/mol. The van der Waals surface area contributed by atoms with E-state index in [1.54, 1.807) is 23.0 Å². The van der Waals surface area contributed by atoms with Gasteiger partial charge >= 0.3 is 0 Å². The first-order valence-electron chi connectivity index (χ1n) is 15.8. The Balaban J connectivity index is 1.65. The number of nitrogens with one attached hydrogen (secondary N) is 4. The highest BCUT2D eigenvalue weighted by Crippen LogP contribution is 2.25. The van der Waals surface area contributed by atoms with Crippen LogP contribution in [0, 0.1) is 0 Å². The molecule has 0 saturated carbocycles. The number of nitrogens with zero attached hydrogens (tertiary/aromatic N) is 3. The molecule has 4 atom stereocenters. The molecule has 1 aliphatic heterocycles. The summed E-state index contributed by atoms with van der Waals surface area (Å²) in [7, 11) is 1.48. The molecule has 14 nitrogen and oxygen atoms in total. The lowest BCUT2D eigenvalue weighted by molar-refractivity contribution is -0.134. The van der Waals surface area contributed by atoms with Crippen LogP contribution in [0.2, 0.25) is 0 Å². The number of aliphatic hydroxyl groups excluding tert-OH is 1. The van der Waals surface area contributed by atoms with Crippen LogP contribution in [0.15, 0.2) is 54.7 Å². The van der Waals surface area contributed by atoms with Crippen LogP contribution < -0.4 is 30.7 Å². The Labute approximate surface area is 273 Å². The van der Waals surface area contributed by atoms with Gasteiger partial charge in [-0.05, 0) is 37.1 Å². The van der Waals surface area contributed by atoms with E-state index in [2.05, 4.69) is 31.6 Å². The highest BCUT2D eigenvalue weighted by molar-refractivity contribution is 6.01. The fourth-order valence-corrected chi connectivity index (χ4v) is 5.07. The first-order valence-corrected chi connectivity index (χ1v) is 15.8. The van der Waals surface area contributed by atoms with Gasteiger partial charge in [0.15, 0.2) is 0 Å². The lowest BCUT2D eigenvalue weighted by Crippen LogP contribution is -2.60. The van der Waals surface area contributed by atoms with Gasteiger partial charge in [-0.1, -0.05) is 55.3 Å². The molecule has 5 N–H and O–H groups in total. The third kappa shape index (κ3) is 10.0. The Morgan fingerprint density at radius 3 is 2.53 bits per heavy atom. The molecule has 2 bridgehead atoms. The quantitative estimate of drug-likeness (QED) is 0.251. The standard InChI is InChI=1S/C33H43N7O7/c1-4-5-12-26-32(44)37-29(21(2)41)33(45)36-27(17-22-10-7-6-8-11-22)31(43)34-19-23-20-40(39-38-23)15-9-16-47-28-14-13-24(46-3)18-25(28)30(42)35-26/h6-8,10-11,13-14,18,20-21,26-27,29,41H,4-5,9,12,15-17,19H2,1-3H3,(H,34,43)(H,35,42)(H,36,45)(H,37,44)/t21-,26+,27-,29+/m1/s1. The van der Waals surface area contributed by atoms with Crippen LogP contribution in [0.5, 0.6) is 11.5 Å². The highest BCUT2D eigenvalue weighted by atomic mass is 16.5. The predicted octanol–water partition coefficient (Wildman–Crippen LogP) is 1.27. The third-order valence-electron chi connectivity index (χ3n) is 7.70. The van der Waals surface area contributed by atoms with Crippen LogP contribution in [0.1, 0.15) is 61.1 Å². The molecular weight excluding hydrogens is 606 g/mol. The number of hydrogen-bond acceptors (Lipinski definition) is 9. The average molecular weight is 650 g/mol. The lowest BCUT2D eigenvalue weighted by atomic mass is 10.0. The van der Waals surface area contributed by atoms with Crippen LogP contribution in [-0.4, -0.2) is 81.7 Å². The second kappa shape index (κ2) is 17.1. The van der Waals surface area contributed by atoms with Gasteiger partial charge in [0.25, 0.3) is 5.91 Å². The maximum Gasteiger partial charge on any atom is 0.255 e. The van der Waals surface area contributed by atoms with E-state index in [0.717, 1.165) is 12.0 Å². The minimum atomic E-state index is -1.42. The number of unbranched alkanes of at least 4 members (excludes halogenated alkanes) is 1. The minimum absolute atomic E-state index is 0.0646. The molecule has 0 radical (unpaired) electrons. The van der Waals surface area contributed by atoms with Crippen molar-refractivity contribution in [3.8, 4) is 11.5 Å². The molecule has 4 amide bonds. The number of amides is 4. The van der Waals surface area contributed by atoms with Gasteiger partial charge in [0.1, 0.15) is 35.3 Å². The van der Waals surface area contributed by atoms with Crippen molar-refractivity contribution in [3.63, 3.8) is 0 Å². The Bertz CT molecular complexity index is 1510. The normalized spacial score (nSPS) is 20.6. The van der Waals surface area contributed by atoms with Crippen molar-refractivity contribution in [2.75, 3.05) is 13.7 Å². The van der Waals surface area contributed by atoms with Crippen molar-refractivity contribution in [2.24, 2.45) is 0 Å². The van der Waals surface area contributed by atoms with Crippen molar-refractivity contribution >= 4 is 23.6 Å². The summed E-state index contributed by atoms with van der Waals surface area (Å²) in [6.07, 6.45) is 2.71. The SMILES string of the molecule is CCCC[C@@H]1NC(=O)c2cc(OC)ccc2OCCCn2cc(nn2)CNC(=O)[C@@H](Cc2ccccc2)NC(=O)[C@H]([C@@H](C)O)NC1=O. The molecule has 0 saturated heterocycles. The summed E-state index contributed by atoms with van der Waals surface area (Å²) in [6, 6.07) is 10.5. The minimum Gasteiger partial charge on any atom is -0.497 e. The Morgan fingerprint density at radius 1 is 1.02 bits per heavy atom. The highest BCUT2D eigenvalue weighted by Gasteiger charge is 2.33. The van der Waals surface area contributed by atoms with E-state index >= 15 is 0 Å². The van der Waals surface area contributed by atoms with E-state index in [0.29, 0.717) is 36.6 Å². The van der Waals surface area contributed by atoms with E-state index in [1.807, 2.05) is 37.3 Å². The zero-order chi connectivity index (χ0) is 33.8. The van der Waals surface area contributed by atoms with E-state index in [1.165, 1.54) is 20.1 Å². The number of ether oxygens (including phenoxy) is 2. The van der Waals surface area contributed by atoms with Gasteiger partial charge in [-0.3, -0.25) is 23.9 Å².